The van der Waals surface area contributed by atoms with E-state index in [-0.39, 0.29) is 6.42 Å². The molecule has 0 aliphatic carbocycles. The van der Waals surface area contributed by atoms with Gasteiger partial charge in [-0.3, -0.25) is 0 Å². The predicted molar refractivity (Wildman–Crippen MR) is 53.9 cm³/mol. The van der Waals surface area contributed by atoms with Crippen LogP contribution in [0.25, 0.3) is 0 Å². The average Bonchev–Trinajstić information content (AvgIpc) is 2.12. The number of unbranched alkanes of at least 4 members (excludes halogenated alkanes) is 1. The molecule has 0 amide bonds. The summed E-state index contributed by atoms with van der Waals surface area (Å²) in [4.78, 5) is 0. The van der Waals surface area contributed by atoms with Crippen molar-refractivity contribution in [2.24, 2.45) is 0 Å². The molecule has 0 spiro atoms. The molecule has 0 aromatic heterocycles. The number of rotatable bonds is 8. The number of ether oxygens (including phenoxy) is 1. The zero-order valence-corrected chi connectivity index (χ0v) is 9.36. The maximum atomic E-state index is 11.8. The Balaban J connectivity index is 3.23. The first-order chi connectivity index (χ1) is 6.95. The topological polar surface area (TPSA) is 21.3 Å². The highest BCUT2D eigenvalue weighted by Crippen LogP contribution is 2.21. The summed E-state index contributed by atoms with van der Waals surface area (Å²) in [5.74, 6) is 0. The minimum atomic E-state index is -4.01. The first-order valence-electron chi connectivity index (χ1n) is 5.25. The molecule has 1 N–H and O–H groups in total. The lowest BCUT2D eigenvalue weighted by atomic mass is 10.2. The van der Waals surface area contributed by atoms with Crippen molar-refractivity contribution >= 4 is 0 Å². The van der Waals surface area contributed by atoms with E-state index in [1.165, 1.54) is 0 Å². The van der Waals surface area contributed by atoms with Gasteiger partial charge in [-0.05, 0) is 32.7 Å². The van der Waals surface area contributed by atoms with Crippen molar-refractivity contribution in [3.8, 4) is 0 Å². The zero-order valence-electron chi connectivity index (χ0n) is 9.36. The Morgan fingerprint density at radius 2 is 1.93 bits per heavy atom. The van der Waals surface area contributed by atoms with E-state index >= 15 is 0 Å². The zero-order chi connectivity index (χ0) is 11.7. The van der Waals surface area contributed by atoms with Crippen molar-refractivity contribution < 1.29 is 17.9 Å². The summed E-state index contributed by atoms with van der Waals surface area (Å²) in [5.41, 5.74) is 0. The van der Waals surface area contributed by atoms with Crippen LogP contribution in [0.5, 0.6) is 0 Å². The van der Waals surface area contributed by atoms with Gasteiger partial charge in [0.1, 0.15) is 0 Å². The van der Waals surface area contributed by atoms with Crippen LogP contribution in [0.15, 0.2) is 0 Å². The van der Waals surface area contributed by atoms with E-state index in [0.29, 0.717) is 25.6 Å². The molecule has 0 saturated heterocycles. The molecule has 0 aromatic carbocycles. The molecule has 92 valence electrons. The fourth-order valence-corrected chi connectivity index (χ4v) is 1.20. The fourth-order valence-electron chi connectivity index (χ4n) is 1.20. The molecule has 0 radical (unpaired) electrons. The molecule has 15 heavy (non-hydrogen) atoms. The highest BCUT2D eigenvalue weighted by Gasteiger charge is 2.25. The summed E-state index contributed by atoms with van der Waals surface area (Å²) in [6, 6.07) is 0.302. The van der Waals surface area contributed by atoms with E-state index in [4.69, 9.17) is 4.74 Å². The lowest BCUT2D eigenvalue weighted by Crippen LogP contribution is -2.28. The minimum Gasteiger partial charge on any atom is -0.385 e. The van der Waals surface area contributed by atoms with E-state index in [2.05, 4.69) is 5.32 Å². The highest BCUT2D eigenvalue weighted by molar-refractivity contribution is 4.60. The second kappa shape index (κ2) is 7.93. The summed E-state index contributed by atoms with van der Waals surface area (Å²) >= 11 is 0. The van der Waals surface area contributed by atoms with Crippen LogP contribution in [-0.4, -0.2) is 32.5 Å². The number of alkyl halides is 3. The van der Waals surface area contributed by atoms with Crippen LogP contribution in [-0.2, 0) is 4.74 Å². The van der Waals surface area contributed by atoms with Gasteiger partial charge in [-0.2, -0.15) is 13.2 Å². The third-order valence-electron chi connectivity index (χ3n) is 2.13. The van der Waals surface area contributed by atoms with Crippen molar-refractivity contribution in [2.75, 3.05) is 20.3 Å². The molecule has 5 heteroatoms. The van der Waals surface area contributed by atoms with Crippen molar-refractivity contribution in [1.82, 2.24) is 5.32 Å². The number of nitrogens with one attached hydrogen (secondary N) is 1. The minimum absolute atomic E-state index is 0.202. The van der Waals surface area contributed by atoms with Crippen LogP contribution in [0.4, 0.5) is 13.2 Å². The Morgan fingerprint density at radius 1 is 1.27 bits per heavy atom. The number of hydrogen-bond acceptors (Lipinski definition) is 2. The maximum absolute atomic E-state index is 11.8. The molecule has 0 aliphatic rings. The quantitative estimate of drug-likeness (QED) is 0.644. The Labute approximate surface area is 89.2 Å². The van der Waals surface area contributed by atoms with Crippen molar-refractivity contribution in [2.45, 2.75) is 44.8 Å². The molecule has 0 saturated carbocycles. The van der Waals surface area contributed by atoms with Gasteiger partial charge in [0.05, 0.1) is 0 Å². The summed E-state index contributed by atoms with van der Waals surface area (Å²) < 4.78 is 40.2. The van der Waals surface area contributed by atoms with E-state index < -0.39 is 12.6 Å². The lowest BCUT2D eigenvalue weighted by molar-refractivity contribution is -0.135. The smallest absolute Gasteiger partial charge is 0.385 e. The number of hydrogen-bond donors (Lipinski definition) is 1. The molecular formula is C10H20F3NO. The molecule has 0 fully saturated rings. The molecule has 0 aliphatic heterocycles. The van der Waals surface area contributed by atoms with Crippen LogP contribution in [0.1, 0.15) is 32.6 Å². The molecule has 1 unspecified atom stereocenters. The summed E-state index contributed by atoms with van der Waals surface area (Å²) in [7, 11) is 1.63. The third kappa shape index (κ3) is 11.6. The van der Waals surface area contributed by atoms with Crippen molar-refractivity contribution in [3.63, 3.8) is 0 Å². The van der Waals surface area contributed by atoms with Gasteiger partial charge in [0.2, 0.25) is 0 Å². The monoisotopic (exact) mass is 227 g/mol. The number of methoxy groups -OCH3 is 1. The lowest BCUT2D eigenvalue weighted by Gasteiger charge is -2.13. The number of halogens is 3. The van der Waals surface area contributed by atoms with E-state index in [1.54, 1.807) is 7.11 Å². The summed E-state index contributed by atoms with van der Waals surface area (Å²) in [5, 5.41) is 3.16. The molecular weight excluding hydrogens is 207 g/mol. The van der Waals surface area contributed by atoms with Crippen molar-refractivity contribution in [3.05, 3.63) is 0 Å². The van der Waals surface area contributed by atoms with Gasteiger partial charge in [-0.15, -0.1) is 0 Å². The highest BCUT2D eigenvalue weighted by atomic mass is 19.4. The van der Waals surface area contributed by atoms with Crippen LogP contribution in [0.2, 0.25) is 0 Å². The predicted octanol–water partition coefficient (Wildman–Crippen LogP) is 2.73. The molecule has 0 rings (SSSR count). The summed E-state index contributed by atoms with van der Waals surface area (Å²) in [6.07, 6.45) is -3.04. The van der Waals surface area contributed by atoms with Crippen LogP contribution < -0.4 is 5.32 Å². The first kappa shape index (κ1) is 14.7. The van der Waals surface area contributed by atoms with E-state index in [9.17, 15) is 13.2 Å². The molecule has 2 nitrogen and oxygen atoms in total. The Bertz CT molecular complexity index is 150. The van der Waals surface area contributed by atoms with Crippen LogP contribution in [0, 0.1) is 0 Å². The fraction of sp³-hybridized carbons (Fsp3) is 1.00. The van der Waals surface area contributed by atoms with Gasteiger partial charge < -0.3 is 10.1 Å². The second-order valence-corrected chi connectivity index (χ2v) is 3.71. The van der Waals surface area contributed by atoms with E-state index in [0.717, 1.165) is 6.42 Å². The second-order valence-electron chi connectivity index (χ2n) is 3.71. The molecule has 1 atom stereocenters. The van der Waals surface area contributed by atoms with Gasteiger partial charge in [0.15, 0.2) is 0 Å². The Morgan fingerprint density at radius 3 is 2.47 bits per heavy atom. The Kier molecular flexibility index (Phi) is 7.78. The molecule has 0 aromatic rings. The van der Waals surface area contributed by atoms with Gasteiger partial charge in [-0.1, -0.05) is 0 Å². The largest absolute Gasteiger partial charge is 0.389 e. The van der Waals surface area contributed by atoms with Gasteiger partial charge in [-0.25, -0.2) is 0 Å². The van der Waals surface area contributed by atoms with Crippen LogP contribution >= 0.6 is 0 Å². The van der Waals surface area contributed by atoms with Gasteiger partial charge in [0, 0.05) is 26.2 Å². The molecule has 0 bridgehead atoms. The van der Waals surface area contributed by atoms with Crippen molar-refractivity contribution in [1.29, 1.82) is 0 Å². The third-order valence-corrected chi connectivity index (χ3v) is 2.13. The maximum Gasteiger partial charge on any atom is 0.389 e. The van der Waals surface area contributed by atoms with Gasteiger partial charge >= 0.3 is 6.18 Å². The average molecular weight is 227 g/mol. The standard InChI is InChI=1S/C10H20F3NO/c1-9(5-8-15-2)14-7-4-3-6-10(11,12)13/h9,14H,3-8H2,1-2H3. The normalized spacial score (nSPS) is 14.2. The SMILES string of the molecule is COCCC(C)NCCCCC(F)(F)F. The summed E-state index contributed by atoms with van der Waals surface area (Å²) in [6.45, 7) is 3.32. The molecule has 0 heterocycles. The van der Waals surface area contributed by atoms with Gasteiger partial charge in [0.25, 0.3) is 0 Å². The Hall–Kier alpha value is -0.290. The van der Waals surface area contributed by atoms with E-state index in [1.807, 2.05) is 6.92 Å². The van der Waals surface area contributed by atoms with Crippen LogP contribution in [0.3, 0.4) is 0 Å². The first-order valence-corrected chi connectivity index (χ1v) is 5.25.